The highest BCUT2D eigenvalue weighted by Gasteiger charge is 2.21. The molecule has 0 atom stereocenters. The SMILES string of the molecule is Cc1cc2nc(-c3csc(Nc4cccc(Cl)c4)n3)c(-c3ccc(Cl)cc3)n2o1. The van der Waals surface area contributed by atoms with Crippen molar-refractivity contribution in [3.8, 4) is 22.6 Å². The summed E-state index contributed by atoms with van der Waals surface area (Å²) in [5, 5.41) is 7.36. The fraction of sp³-hybridized carbons (Fsp3) is 0.0476. The topological polar surface area (TPSA) is 55.4 Å². The largest absolute Gasteiger partial charge is 0.378 e. The molecule has 0 radical (unpaired) electrons. The van der Waals surface area contributed by atoms with E-state index in [1.54, 1.807) is 4.57 Å². The van der Waals surface area contributed by atoms with Gasteiger partial charge in [0.2, 0.25) is 0 Å². The molecule has 2 aromatic carbocycles. The number of rotatable bonds is 4. The van der Waals surface area contributed by atoms with E-state index in [0.717, 1.165) is 44.9 Å². The molecule has 0 unspecified atom stereocenters. The normalized spacial score (nSPS) is 11.3. The monoisotopic (exact) mass is 440 g/mol. The Morgan fingerprint density at radius 1 is 1.00 bits per heavy atom. The zero-order valence-electron chi connectivity index (χ0n) is 15.2. The summed E-state index contributed by atoms with van der Waals surface area (Å²) >= 11 is 13.6. The summed E-state index contributed by atoms with van der Waals surface area (Å²) in [6.07, 6.45) is 0. The molecule has 5 rings (SSSR count). The number of fused-ring (bicyclic) bond motifs is 1. The van der Waals surface area contributed by atoms with E-state index in [1.165, 1.54) is 11.3 Å². The zero-order chi connectivity index (χ0) is 20.0. The molecule has 0 aliphatic rings. The molecule has 1 N–H and O–H groups in total. The molecule has 0 saturated heterocycles. The van der Waals surface area contributed by atoms with E-state index in [2.05, 4.69) is 5.32 Å². The lowest BCUT2D eigenvalue weighted by molar-refractivity contribution is 0.361. The second-order valence-corrected chi connectivity index (χ2v) is 8.22. The van der Waals surface area contributed by atoms with Gasteiger partial charge < -0.3 is 9.84 Å². The van der Waals surface area contributed by atoms with Crippen molar-refractivity contribution in [2.75, 3.05) is 5.32 Å². The number of nitrogens with one attached hydrogen (secondary N) is 1. The van der Waals surface area contributed by atoms with Crippen molar-refractivity contribution in [3.63, 3.8) is 0 Å². The molecular formula is C21H14Cl2N4OS. The van der Waals surface area contributed by atoms with Gasteiger partial charge in [0.15, 0.2) is 10.8 Å². The molecule has 0 saturated carbocycles. The molecule has 5 nitrogen and oxygen atoms in total. The van der Waals surface area contributed by atoms with Gasteiger partial charge in [0, 0.05) is 32.7 Å². The van der Waals surface area contributed by atoms with Crippen molar-refractivity contribution in [1.29, 1.82) is 0 Å². The Bertz CT molecular complexity index is 1320. The maximum atomic E-state index is 6.07. The minimum Gasteiger partial charge on any atom is -0.378 e. The van der Waals surface area contributed by atoms with Crippen molar-refractivity contribution in [3.05, 3.63) is 75.8 Å². The molecule has 3 heterocycles. The van der Waals surface area contributed by atoms with Crippen LogP contribution in [0, 0.1) is 6.92 Å². The van der Waals surface area contributed by atoms with E-state index in [9.17, 15) is 0 Å². The van der Waals surface area contributed by atoms with E-state index < -0.39 is 0 Å². The number of benzene rings is 2. The van der Waals surface area contributed by atoms with Crippen LogP contribution in [-0.2, 0) is 0 Å². The van der Waals surface area contributed by atoms with Gasteiger partial charge in [-0.1, -0.05) is 41.4 Å². The van der Waals surface area contributed by atoms with Crippen LogP contribution in [0.25, 0.3) is 28.3 Å². The molecule has 144 valence electrons. The van der Waals surface area contributed by atoms with Gasteiger partial charge in [-0.25, -0.2) is 9.97 Å². The zero-order valence-corrected chi connectivity index (χ0v) is 17.5. The molecule has 3 aromatic heterocycles. The van der Waals surface area contributed by atoms with Crippen LogP contribution in [0.1, 0.15) is 5.76 Å². The van der Waals surface area contributed by atoms with Gasteiger partial charge in [-0.3, -0.25) is 0 Å². The highest BCUT2D eigenvalue weighted by molar-refractivity contribution is 7.14. The smallest absolute Gasteiger partial charge is 0.187 e. The van der Waals surface area contributed by atoms with Gasteiger partial charge >= 0.3 is 0 Å². The molecule has 5 aromatic rings. The lowest BCUT2D eigenvalue weighted by Crippen LogP contribution is -1.91. The van der Waals surface area contributed by atoms with Gasteiger partial charge in [-0.15, -0.1) is 11.3 Å². The van der Waals surface area contributed by atoms with E-state index in [-0.39, 0.29) is 0 Å². The molecule has 0 amide bonds. The van der Waals surface area contributed by atoms with E-state index >= 15 is 0 Å². The number of aryl methyl sites for hydroxylation is 1. The predicted molar refractivity (Wildman–Crippen MR) is 118 cm³/mol. The van der Waals surface area contributed by atoms with Crippen molar-refractivity contribution in [2.24, 2.45) is 0 Å². The first-order valence-corrected chi connectivity index (χ1v) is 10.4. The Labute approximate surface area is 180 Å². The molecule has 8 heteroatoms. The van der Waals surface area contributed by atoms with Crippen LogP contribution in [0.2, 0.25) is 10.0 Å². The van der Waals surface area contributed by atoms with Crippen molar-refractivity contribution in [1.82, 2.24) is 14.5 Å². The molecule has 0 spiro atoms. The molecule has 0 aliphatic heterocycles. The Hall–Kier alpha value is -2.80. The van der Waals surface area contributed by atoms with Gasteiger partial charge in [0.1, 0.15) is 22.8 Å². The maximum absolute atomic E-state index is 6.07. The summed E-state index contributed by atoms with van der Waals surface area (Å²) in [5.74, 6) is 0.788. The third kappa shape index (κ3) is 3.51. The van der Waals surface area contributed by atoms with Crippen LogP contribution in [0.15, 0.2) is 64.5 Å². The van der Waals surface area contributed by atoms with Crippen molar-refractivity contribution in [2.45, 2.75) is 6.92 Å². The third-order valence-electron chi connectivity index (χ3n) is 4.37. The number of thiazole rings is 1. The Balaban J connectivity index is 1.58. The number of aromatic nitrogens is 3. The van der Waals surface area contributed by atoms with Crippen LogP contribution in [0.3, 0.4) is 0 Å². The summed E-state index contributed by atoms with van der Waals surface area (Å²) in [6, 6.07) is 17.0. The predicted octanol–water partition coefficient (Wildman–Crippen LogP) is 7.08. The first-order valence-electron chi connectivity index (χ1n) is 8.80. The maximum Gasteiger partial charge on any atom is 0.187 e. The van der Waals surface area contributed by atoms with Crippen LogP contribution in [0.5, 0.6) is 0 Å². The van der Waals surface area contributed by atoms with Crippen LogP contribution < -0.4 is 5.32 Å². The highest BCUT2D eigenvalue weighted by Crippen LogP contribution is 2.36. The molecular weight excluding hydrogens is 427 g/mol. The number of hydrogen-bond donors (Lipinski definition) is 1. The van der Waals surface area contributed by atoms with E-state index in [1.807, 2.05) is 66.9 Å². The quantitative estimate of drug-likeness (QED) is 0.324. The number of anilines is 2. The van der Waals surface area contributed by atoms with Crippen LogP contribution in [0.4, 0.5) is 10.8 Å². The average Bonchev–Trinajstić information content (AvgIpc) is 3.37. The Morgan fingerprint density at radius 3 is 2.62 bits per heavy atom. The Morgan fingerprint density at radius 2 is 1.83 bits per heavy atom. The summed E-state index contributed by atoms with van der Waals surface area (Å²) in [6.45, 7) is 1.90. The van der Waals surface area contributed by atoms with Gasteiger partial charge in [0.25, 0.3) is 0 Å². The number of nitrogens with zero attached hydrogens (tertiary/aromatic N) is 3. The van der Waals surface area contributed by atoms with Crippen molar-refractivity contribution >= 4 is 51.0 Å². The Kier molecular flexibility index (Phi) is 4.54. The first-order chi connectivity index (χ1) is 14.1. The number of halogens is 2. The lowest BCUT2D eigenvalue weighted by atomic mass is 10.1. The van der Waals surface area contributed by atoms with E-state index in [0.29, 0.717) is 10.0 Å². The minimum atomic E-state index is 0.668. The molecule has 29 heavy (non-hydrogen) atoms. The third-order valence-corrected chi connectivity index (χ3v) is 5.61. The second-order valence-electron chi connectivity index (χ2n) is 6.49. The van der Waals surface area contributed by atoms with Gasteiger partial charge in [-0.2, -0.15) is 4.57 Å². The summed E-state index contributed by atoms with van der Waals surface area (Å²) < 4.78 is 7.60. The highest BCUT2D eigenvalue weighted by atomic mass is 35.5. The number of imidazole rings is 1. The lowest BCUT2D eigenvalue weighted by Gasteiger charge is -2.03. The minimum absolute atomic E-state index is 0.668. The fourth-order valence-electron chi connectivity index (χ4n) is 3.13. The molecule has 0 aliphatic carbocycles. The van der Waals surface area contributed by atoms with Crippen LogP contribution >= 0.6 is 34.5 Å². The van der Waals surface area contributed by atoms with Crippen molar-refractivity contribution < 1.29 is 4.52 Å². The second kappa shape index (κ2) is 7.22. The fourth-order valence-corrected chi connectivity index (χ4v) is 4.16. The van der Waals surface area contributed by atoms with Gasteiger partial charge in [0.05, 0.1) is 0 Å². The van der Waals surface area contributed by atoms with E-state index in [4.69, 9.17) is 37.7 Å². The standard InChI is InChI=1S/C21H14Cl2N4OS/c1-12-9-18-26-19(20(27(18)28-12)13-5-7-14(22)8-6-13)17-11-29-21(25-17)24-16-4-2-3-15(23)10-16/h2-11H,1H3,(H,24,25). The molecule has 0 bridgehead atoms. The summed E-state index contributed by atoms with van der Waals surface area (Å²) in [5.41, 5.74) is 4.92. The first kappa shape index (κ1) is 18.2. The average molecular weight is 441 g/mol. The van der Waals surface area contributed by atoms with Crippen LogP contribution in [-0.4, -0.2) is 14.5 Å². The molecule has 0 fully saturated rings. The number of hydrogen-bond acceptors (Lipinski definition) is 5. The summed E-state index contributed by atoms with van der Waals surface area (Å²) in [4.78, 5) is 9.50. The van der Waals surface area contributed by atoms with Gasteiger partial charge in [-0.05, 0) is 37.3 Å². The summed E-state index contributed by atoms with van der Waals surface area (Å²) in [7, 11) is 0.